The fourth-order valence-corrected chi connectivity index (χ4v) is 12.1. The highest BCUT2D eigenvalue weighted by molar-refractivity contribution is 5.88. The van der Waals surface area contributed by atoms with E-state index in [4.69, 9.17) is 75.8 Å². The summed E-state index contributed by atoms with van der Waals surface area (Å²) in [7, 11) is 0. The quantitative estimate of drug-likeness (QED) is 0.0119. The standard InChI is InChI=1S/C54H62O16.C46H46O12/c1-33(2)51(59)67-29-41(55)25-63-45-17-9-37(10-18-45)49(38-11-19-46(20-12-38)64-26-42(56)30-68-52(60)34(3)4)50(39-13-21-47(22-14-39)65-27-43(57)31-69-53(61)35(5)6)40-15-23-48(24-16-40)66-28-44(58)32-70-54(62)36(7)8;1-5-41(47)55-29-25-51-37-17-9-33(10-18-37)45(34-11-19-38(20-12-34)52-26-30-56-42(48)6-2)46(35-13-21-39(22-14-35)53-27-31-57-43(49)7-3)36-15-23-40(24-16-36)54-28-32-58-44(50)8-4/h9-24,41-44,49-50,55-58H,1,3,5,7,25-32H2,2,4,6,8H3;5-24,45-46H,1-4,25-32H2. The van der Waals surface area contributed by atoms with Crippen LogP contribution in [0.1, 0.15) is 95.9 Å². The van der Waals surface area contributed by atoms with E-state index in [1.807, 2.05) is 146 Å². The number of esters is 8. The number of rotatable bonds is 54. The topological polar surface area (TPSA) is 365 Å². The Morgan fingerprint density at radius 3 is 0.500 bits per heavy atom. The summed E-state index contributed by atoms with van der Waals surface area (Å²) in [6.07, 6.45) is -0.0123. The molecule has 128 heavy (non-hydrogen) atoms. The predicted molar refractivity (Wildman–Crippen MR) is 475 cm³/mol. The van der Waals surface area contributed by atoms with Crippen molar-refractivity contribution < 1.29 is 135 Å². The number of aliphatic hydroxyl groups excluding tert-OH is 4. The van der Waals surface area contributed by atoms with Gasteiger partial charge < -0.3 is 96.2 Å². The highest BCUT2D eigenvalue weighted by atomic mass is 16.6. The molecule has 0 aliphatic carbocycles. The fourth-order valence-electron chi connectivity index (χ4n) is 12.1. The lowest BCUT2D eigenvalue weighted by Crippen LogP contribution is -2.25. The molecule has 0 heterocycles. The van der Waals surface area contributed by atoms with E-state index < -0.39 is 84.0 Å². The van der Waals surface area contributed by atoms with E-state index in [1.54, 1.807) is 48.5 Å². The maximum Gasteiger partial charge on any atom is 0.333 e. The Kier molecular flexibility index (Phi) is 42.3. The number of hydrogen-bond donors (Lipinski definition) is 4. The molecule has 0 fully saturated rings. The van der Waals surface area contributed by atoms with Crippen LogP contribution in [-0.2, 0) is 76.3 Å². The van der Waals surface area contributed by atoms with E-state index in [2.05, 4.69) is 52.6 Å². The number of carbonyl (C=O) groups excluding carboxylic acids is 8. The first-order valence-corrected chi connectivity index (χ1v) is 40.6. The van der Waals surface area contributed by atoms with Gasteiger partial charge in [-0.25, -0.2) is 38.4 Å². The summed E-state index contributed by atoms with van der Waals surface area (Å²) in [5.74, 6) is -1.82. The average Bonchev–Trinajstić information content (AvgIpc) is 0.782. The lowest BCUT2D eigenvalue weighted by molar-refractivity contribution is -0.143. The summed E-state index contributed by atoms with van der Waals surface area (Å²) in [5.41, 5.74) is 8.06. The molecule has 8 rings (SSSR count). The zero-order chi connectivity index (χ0) is 92.9. The van der Waals surface area contributed by atoms with Crippen LogP contribution in [0.4, 0.5) is 0 Å². The third-order valence-corrected chi connectivity index (χ3v) is 18.4. The van der Waals surface area contributed by atoms with Crippen LogP contribution in [0.15, 0.2) is 293 Å². The van der Waals surface area contributed by atoms with Gasteiger partial charge in [0.15, 0.2) is 0 Å². The molecule has 0 saturated carbocycles. The van der Waals surface area contributed by atoms with Crippen molar-refractivity contribution in [2.24, 2.45) is 0 Å². The van der Waals surface area contributed by atoms with Gasteiger partial charge in [-0.2, -0.15) is 0 Å². The molecule has 0 aromatic heterocycles. The van der Waals surface area contributed by atoms with Crippen LogP contribution in [0, 0.1) is 0 Å². The van der Waals surface area contributed by atoms with Gasteiger partial charge >= 0.3 is 47.8 Å². The van der Waals surface area contributed by atoms with Crippen LogP contribution >= 0.6 is 0 Å². The molecule has 4 atom stereocenters. The normalized spacial score (nSPS) is 12.1. The van der Waals surface area contributed by atoms with E-state index in [0.29, 0.717) is 46.0 Å². The summed E-state index contributed by atoms with van der Waals surface area (Å²) in [4.78, 5) is 93.1. The average molecular weight is 1760 g/mol. The van der Waals surface area contributed by atoms with E-state index in [-0.39, 0.29) is 140 Å². The van der Waals surface area contributed by atoms with Gasteiger partial charge in [0.05, 0.1) is 0 Å². The Bertz CT molecular complexity index is 4360. The van der Waals surface area contributed by atoms with E-state index >= 15 is 0 Å². The van der Waals surface area contributed by atoms with Crippen LogP contribution in [0.25, 0.3) is 0 Å². The molecule has 0 spiro atoms. The molecule has 0 bridgehead atoms. The second kappa shape index (κ2) is 53.8. The number of benzene rings is 8. The van der Waals surface area contributed by atoms with Crippen molar-refractivity contribution in [3.63, 3.8) is 0 Å². The summed E-state index contributed by atoms with van der Waals surface area (Å²) >= 11 is 0. The Hall–Kier alpha value is -14.3. The van der Waals surface area contributed by atoms with Crippen molar-refractivity contribution in [2.45, 2.75) is 75.8 Å². The number of carbonyl (C=O) groups is 8. The van der Waals surface area contributed by atoms with Crippen LogP contribution < -0.4 is 37.9 Å². The van der Waals surface area contributed by atoms with Gasteiger partial charge in [0, 0.05) is 70.3 Å². The van der Waals surface area contributed by atoms with Gasteiger partial charge in [-0.3, -0.25) is 0 Å². The van der Waals surface area contributed by atoms with Gasteiger partial charge in [-0.1, -0.05) is 150 Å². The molecular formula is C100H108O28. The van der Waals surface area contributed by atoms with Crippen LogP contribution in [0.2, 0.25) is 0 Å². The van der Waals surface area contributed by atoms with Crippen LogP contribution in [0.5, 0.6) is 46.0 Å². The first-order valence-electron chi connectivity index (χ1n) is 40.6. The molecule has 4 unspecified atom stereocenters. The predicted octanol–water partition coefficient (Wildman–Crippen LogP) is 13.2. The molecule has 0 aliphatic rings. The Labute approximate surface area is 744 Å². The summed E-state index contributed by atoms with van der Waals surface area (Å²) < 4.78 is 87.2. The van der Waals surface area contributed by atoms with Crippen molar-refractivity contribution in [1.29, 1.82) is 0 Å². The third-order valence-electron chi connectivity index (χ3n) is 18.4. The molecule has 28 heteroatoms. The minimum Gasteiger partial charge on any atom is -0.491 e. The zero-order valence-electron chi connectivity index (χ0n) is 72.0. The van der Waals surface area contributed by atoms with E-state index in [1.165, 1.54) is 27.7 Å². The Balaban J connectivity index is 0.000000357. The smallest absolute Gasteiger partial charge is 0.333 e. The first-order chi connectivity index (χ1) is 61.5. The van der Waals surface area contributed by atoms with Crippen LogP contribution in [0.3, 0.4) is 0 Å². The second-order valence-electron chi connectivity index (χ2n) is 28.7. The monoisotopic (exact) mass is 1760 g/mol. The minimum absolute atomic E-state index is 0.0712. The van der Waals surface area contributed by atoms with E-state index in [9.17, 15) is 58.8 Å². The molecular weight excluding hydrogens is 1650 g/mol. The van der Waals surface area contributed by atoms with Gasteiger partial charge in [0.1, 0.15) is 176 Å². The number of ether oxygens (including phenoxy) is 16. The minimum atomic E-state index is -1.10. The molecule has 0 aliphatic heterocycles. The molecule has 0 amide bonds. The molecule has 4 N–H and O–H groups in total. The van der Waals surface area contributed by atoms with Crippen molar-refractivity contribution in [3.8, 4) is 46.0 Å². The lowest BCUT2D eigenvalue weighted by atomic mass is 9.73. The second-order valence-corrected chi connectivity index (χ2v) is 28.7. The molecule has 8 aromatic rings. The van der Waals surface area contributed by atoms with Gasteiger partial charge in [0.2, 0.25) is 0 Å². The van der Waals surface area contributed by atoms with Gasteiger partial charge in [-0.15, -0.1) is 0 Å². The number of aliphatic hydroxyl groups is 4. The van der Waals surface area contributed by atoms with Crippen molar-refractivity contribution >= 4 is 47.8 Å². The summed E-state index contributed by atoms with van der Waals surface area (Å²) in [5, 5.41) is 41.8. The summed E-state index contributed by atoms with van der Waals surface area (Å²) in [6, 6.07) is 60.1. The number of hydrogen-bond acceptors (Lipinski definition) is 28. The SMILES string of the molecule is C=C(C)C(=O)OCC(O)COc1ccc(C(c2ccc(OCC(O)COC(=O)C(=C)C)cc2)C(c2ccc(OCC(O)COC(=O)C(=C)C)cc2)c2ccc(OCC(O)COC(=O)C(=C)C)cc2)cc1.C=CC(=O)OCCOc1ccc(C(c2ccc(OCCOC(=O)C=C)cc2)C(c2ccc(OCCOC(=O)C=C)cc2)c2ccc(OCCOC(=O)C=C)cc2)cc1. The fraction of sp³-hybridized carbons (Fsp3) is 0.280. The van der Waals surface area contributed by atoms with Crippen molar-refractivity contribution in [1.82, 2.24) is 0 Å². The Morgan fingerprint density at radius 2 is 0.367 bits per heavy atom. The maximum atomic E-state index is 11.8. The molecule has 8 aromatic carbocycles. The van der Waals surface area contributed by atoms with Gasteiger partial charge in [-0.05, 0) is 169 Å². The molecule has 28 nitrogen and oxygen atoms in total. The molecule has 676 valence electrons. The summed E-state index contributed by atoms with van der Waals surface area (Å²) in [6.45, 7) is 33.0. The molecule has 0 radical (unpaired) electrons. The highest BCUT2D eigenvalue weighted by Gasteiger charge is 2.32. The van der Waals surface area contributed by atoms with Gasteiger partial charge in [0.25, 0.3) is 0 Å². The zero-order valence-corrected chi connectivity index (χ0v) is 72.0. The Morgan fingerprint density at radius 1 is 0.227 bits per heavy atom. The van der Waals surface area contributed by atoms with Crippen LogP contribution in [-0.4, -0.2) is 198 Å². The highest BCUT2D eigenvalue weighted by Crippen LogP contribution is 2.47. The van der Waals surface area contributed by atoms with E-state index in [0.717, 1.165) is 68.8 Å². The van der Waals surface area contributed by atoms with Crippen molar-refractivity contribution in [3.05, 3.63) is 338 Å². The maximum absolute atomic E-state index is 11.8. The first kappa shape index (κ1) is 101. The largest absolute Gasteiger partial charge is 0.491 e. The molecule has 0 saturated heterocycles. The third kappa shape index (κ3) is 35.0. The lowest BCUT2D eigenvalue weighted by Gasteiger charge is -2.30. The van der Waals surface area contributed by atoms with Crippen molar-refractivity contribution in [2.75, 3.05) is 106 Å².